The van der Waals surface area contributed by atoms with Gasteiger partial charge >= 0.3 is 11.9 Å². The van der Waals surface area contributed by atoms with Crippen molar-refractivity contribution in [1.82, 2.24) is 0 Å². The standard InChI is InChI=1S/C14H14ClNO5/c1-2-20-13(18)7-8-14(19)21-9-12(17)16-11-5-3-10(15)4-6-11/h3-8H,2,9H2,1H3,(H,16,17). The molecule has 0 bridgehead atoms. The fourth-order valence-corrected chi connectivity index (χ4v) is 1.37. The van der Waals surface area contributed by atoms with Gasteiger partial charge in [-0.1, -0.05) is 11.6 Å². The highest BCUT2D eigenvalue weighted by molar-refractivity contribution is 6.30. The molecule has 0 fully saturated rings. The molecule has 1 N–H and O–H groups in total. The normalized spacial score (nSPS) is 10.2. The van der Waals surface area contributed by atoms with Crippen LogP contribution >= 0.6 is 11.6 Å². The molecule has 112 valence electrons. The Morgan fingerprint density at radius 3 is 2.24 bits per heavy atom. The van der Waals surface area contributed by atoms with Crippen LogP contribution in [-0.2, 0) is 23.9 Å². The summed E-state index contributed by atoms with van der Waals surface area (Å²) in [5, 5.41) is 3.06. The molecule has 0 heterocycles. The van der Waals surface area contributed by atoms with E-state index >= 15 is 0 Å². The summed E-state index contributed by atoms with van der Waals surface area (Å²) >= 11 is 5.71. The predicted octanol–water partition coefficient (Wildman–Crippen LogP) is 1.94. The molecular formula is C14H14ClNO5. The number of rotatable bonds is 6. The van der Waals surface area contributed by atoms with Crippen LogP contribution in [0, 0.1) is 0 Å². The van der Waals surface area contributed by atoms with E-state index in [1.54, 1.807) is 31.2 Å². The number of esters is 2. The Balaban J connectivity index is 2.34. The van der Waals surface area contributed by atoms with Crippen molar-refractivity contribution in [3.8, 4) is 0 Å². The Bertz CT molecular complexity index is 539. The lowest BCUT2D eigenvalue weighted by molar-refractivity contribution is -0.143. The summed E-state index contributed by atoms with van der Waals surface area (Å²) < 4.78 is 9.24. The summed E-state index contributed by atoms with van der Waals surface area (Å²) in [5.74, 6) is -1.97. The smallest absolute Gasteiger partial charge is 0.331 e. The Morgan fingerprint density at radius 1 is 1.10 bits per heavy atom. The lowest BCUT2D eigenvalue weighted by atomic mass is 10.3. The van der Waals surface area contributed by atoms with Gasteiger partial charge in [-0.05, 0) is 31.2 Å². The first-order chi connectivity index (χ1) is 10.0. The van der Waals surface area contributed by atoms with Crippen LogP contribution in [0.3, 0.4) is 0 Å². The quantitative estimate of drug-likeness (QED) is 0.641. The van der Waals surface area contributed by atoms with Gasteiger partial charge in [0.05, 0.1) is 6.61 Å². The number of halogens is 1. The van der Waals surface area contributed by atoms with E-state index in [0.717, 1.165) is 12.2 Å². The van der Waals surface area contributed by atoms with Crippen LogP contribution in [0.1, 0.15) is 6.92 Å². The Hall–Kier alpha value is -2.34. The first-order valence-electron chi connectivity index (χ1n) is 6.08. The maximum atomic E-state index is 11.5. The van der Waals surface area contributed by atoms with Gasteiger partial charge in [-0.2, -0.15) is 0 Å². The largest absolute Gasteiger partial charge is 0.463 e. The number of hydrogen-bond donors (Lipinski definition) is 1. The minimum absolute atomic E-state index is 0.210. The van der Waals surface area contributed by atoms with E-state index in [0.29, 0.717) is 10.7 Å². The van der Waals surface area contributed by atoms with Gasteiger partial charge in [-0.3, -0.25) is 4.79 Å². The molecule has 0 aliphatic rings. The Kier molecular flexibility index (Phi) is 6.97. The minimum Gasteiger partial charge on any atom is -0.463 e. The summed E-state index contributed by atoms with van der Waals surface area (Å²) in [6.45, 7) is 1.39. The zero-order chi connectivity index (χ0) is 15.7. The second-order valence-electron chi connectivity index (χ2n) is 3.75. The number of benzene rings is 1. The highest BCUT2D eigenvalue weighted by Crippen LogP contribution is 2.13. The van der Waals surface area contributed by atoms with Gasteiger partial charge in [0.1, 0.15) is 0 Å². The molecule has 1 aromatic carbocycles. The number of amides is 1. The van der Waals surface area contributed by atoms with Crippen molar-refractivity contribution < 1.29 is 23.9 Å². The van der Waals surface area contributed by atoms with Crippen LogP contribution in [0.4, 0.5) is 5.69 Å². The molecule has 0 spiro atoms. The zero-order valence-corrected chi connectivity index (χ0v) is 12.1. The van der Waals surface area contributed by atoms with Crippen LogP contribution in [0.15, 0.2) is 36.4 Å². The monoisotopic (exact) mass is 311 g/mol. The Labute approximate surface area is 126 Å². The molecule has 0 aromatic heterocycles. The highest BCUT2D eigenvalue weighted by atomic mass is 35.5. The van der Waals surface area contributed by atoms with Crippen LogP contribution in [0.2, 0.25) is 5.02 Å². The third kappa shape index (κ3) is 7.12. The van der Waals surface area contributed by atoms with Gasteiger partial charge in [0.15, 0.2) is 6.61 Å². The molecule has 0 saturated heterocycles. The molecule has 1 amide bonds. The molecule has 0 aliphatic heterocycles. The summed E-state index contributed by atoms with van der Waals surface area (Å²) in [4.78, 5) is 33.7. The second kappa shape index (κ2) is 8.76. The molecule has 0 aliphatic carbocycles. The lowest BCUT2D eigenvalue weighted by Crippen LogP contribution is -2.20. The number of nitrogens with one attached hydrogen (secondary N) is 1. The second-order valence-corrected chi connectivity index (χ2v) is 4.18. The summed E-state index contributed by atoms with van der Waals surface area (Å²) in [7, 11) is 0. The van der Waals surface area contributed by atoms with Crippen LogP contribution in [0.25, 0.3) is 0 Å². The molecule has 1 rings (SSSR count). The maximum absolute atomic E-state index is 11.5. The number of hydrogen-bond acceptors (Lipinski definition) is 5. The number of carbonyl (C=O) groups excluding carboxylic acids is 3. The van der Waals surface area contributed by atoms with E-state index in [1.165, 1.54) is 0 Å². The van der Waals surface area contributed by atoms with E-state index in [2.05, 4.69) is 14.8 Å². The molecule has 0 atom stereocenters. The van der Waals surface area contributed by atoms with Gasteiger partial charge in [0.2, 0.25) is 0 Å². The van der Waals surface area contributed by atoms with Crippen molar-refractivity contribution in [3.05, 3.63) is 41.4 Å². The number of anilines is 1. The van der Waals surface area contributed by atoms with Gasteiger partial charge in [-0.25, -0.2) is 9.59 Å². The molecule has 7 heteroatoms. The molecule has 21 heavy (non-hydrogen) atoms. The van der Waals surface area contributed by atoms with Crippen molar-refractivity contribution >= 4 is 35.1 Å². The third-order valence-electron chi connectivity index (χ3n) is 2.12. The fourth-order valence-electron chi connectivity index (χ4n) is 1.24. The average Bonchev–Trinajstić information content (AvgIpc) is 2.46. The molecule has 0 unspecified atom stereocenters. The molecule has 6 nitrogen and oxygen atoms in total. The number of ether oxygens (including phenoxy) is 2. The number of carbonyl (C=O) groups is 3. The van der Waals surface area contributed by atoms with Gasteiger partial charge in [0.25, 0.3) is 5.91 Å². The van der Waals surface area contributed by atoms with Gasteiger partial charge < -0.3 is 14.8 Å². The van der Waals surface area contributed by atoms with Gasteiger partial charge in [-0.15, -0.1) is 0 Å². The first-order valence-corrected chi connectivity index (χ1v) is 6.46. The third-order valence-corrected chi connectivity index (χ3v) is 2.37. The van der Waals surface area contributed by atoms with Crippen molar-refractivity contribution in [2.45, 2.75) is 6.92 Å². The SMILES string of the molecule is CCOC(=O)C=CC(=O)OCC(=O)Nc1ccc(Cl)cc1. The topological polar surface area (TPSA) is 81.7 Å². The van der Waals surface area contributed by atoms with E-state index < -0.39 is 24.5 Å². The summed E-state index contributed by atoms with van der Waals surface area (Å²) in [6.07, 6.45) is 1.83. The van der Waals surface area contributed by atoms with Crippen LogP contribution < -0.4 is 5.32 Å². The minimum atomic E-state index is -0.811. The fraction of sp³-hybridized carbons (Fsp3) is 0.214. The average molecular weight is 312 g/mol. The highest BCUT2D eigenvalue weighted by Gasteiger charge is 2.06. The molecule has 0 saturated carbocycles. The van der Waals surface area contributed by atoms with Crippen LogP contribution in [0.5, 0.6) is 0 Å². The van der Waals surface area contributed by atoms with E-state index in [-0.39, 0.29) is 6.61 Å². The zero-order valence-electron chi connectivity index (χ0n) is 11.3. The van der Waals surface area contributed by atoms with Crippen molar-refractivity contribution in [2.75, 3.05) is 18.5 Å². The van der Waals surface area contributed by atoms with E-state index in [9.17, 15) is 14.4 Å². The van der Waals surface area contributed by atoms with Crippen molar-refractivity contribution in [2.24, 2.45) is 0 Å². The van der Waals surface area contributed by atoms with Gasteiger partial charge in [0, 0.05) is 22.9 Å². The van der Waals surface area contributed by atoms with Crippen molar-refractivity contribution in [1.29, 1.82) is 0 Å². The molecule has 1 aromatic rings. The maximum Gasteiger partial charge on any atom is 0.331 e. The lowest BCUT2D eigenvalue weighted by Gasteiger charge is -2.05. The summed E-state index contributed by atoms with van der Waals surface area (Å²) in [6, 6.07) is 6.46. The molecular weight excluding hydrogens is 298 g/mol. The van der Waals surface area contributed by atoms with E-state index in [1.807, 2.05) is 0 Å². The molecule has 0 radical (unpaired) electrons. The first kappa shape index (κ1) is 16.7. The van der Waals surface area contributed by atoms with E-state index in [4.69, 9.17) is 11.6 Å². The van der Waals surface area contributed by atoms with Crippen molar-refractivity contribution in [3.63, 3.8) is 0 Å². The summed E-state index contributed by atoms with van der Waals surface area (Å²) in [5.41, 5.74) is 0.530. The Morgan fingerprint density at radius 2 is 1.67 bits per heavy atom. The van der Waals surface area contributed by atoms with Crippen LogP contribution in [-0.4, -0.2) is 31.1 Å². The predicted molar refractivity (Wildman–Crippen MR) is 76.8 cm³/mol.